The van der Waals surface area contributed by atoms with Gasteiger partial charge in [0.2, 0.25) is 59.1 Å². The van der Waals surface area contributed by atoms with Gasteiger partial charge in [0, 0.05) is 43.3 Å². The maximum absolute atomic E-state index is 14.5. The summed E-state index contributed by atoms with van der Waals surface area (Å²) in [5.74, 6) is -14.6. The van der Waals surface area contributed by atoms with Gasteiger partial charge in [-0.15, -0.1) is 0 Å². The minimum absolute atomic E-state index is 0.0929. The number of H-pyrrole nitrogens is 1. The Morgan fingerprint density at radius 3 is 1.58 bits per heavy atom. The minimum Gasteiger partial charge on any atom is -0.481 e. The molecule has 83 heavy (non-hydrogen) atoms. The van der Waals surface area contributed by atoms with Crippen molar-refractivity contribution in [3.05, 3.63) is 65.9 Å². The molecule has 0 saturated heterocycles. The third kappa shape index (κ3) is 23.9. The second-order valence-electron chi connectivity index (χ2n) is 20.8. The number of nitrogens with one attached hydrogen (secondary N) is 9. The number of aromatic amines is 1. The van der Waals surface area contributed by atoms with Crippen molar-refractivity contribution in [1.29, 1.82) is 0 Å². The van der Waals surface area contributed by atoms with E-state index in [0.717, 1.165) is 30.0 Å². The molecule has 9 atom stereocenters. The second kappa shape index (κ2) is 32.3. The molecule has 0 fully saturated rings. The first-order chi connectivity index (χ1) is 38.8. The highest BCUT2D eigenvalue weighted by Crippen LogP contribution is 2.37. The average molecular weight is 1190 g/mol. The van der Waals surface area contributed by atoms with Crippen molar-refractivity contribution in [1.82, 2.24) is 47.5 Å². The fraction of sp³-hybridized carbons (Fsp3) is 0.509. The fourth-order valence-electron chi connectivity index (χ4n) is 8.57. The van der Waals surface area contributed by atoms with Crippen molar-refractivity contribution in [2.45, 2.75) is 155 Å². The number of phosphoric acid groups is 1. The fourth-order valence-corrected chi connectivity index (χ4v) is 8.97. The van der Waals surface area contributed by atoms with Gasteiger partial charge in [0.15, 0.2) is 0 Å². The highest BCUT2D eigenvalue weighted by Gasteiger charge is 2.37. The van der Waals surface area contributed by atoms with Crippen LogP contribution in [0.5, 0.6) is 5.75 Å². The molecule has 2 aromatic carbocycles. The maximum Gasteiger partial charge on any atom is 0.524 e. The summed E-state index contributed by atoms with van der Waals surface area (Å²) < 4.78 is 16.1. The van der Waals surface area contributed by atoms with Gasteiger partial charge in [-0.25, -0.2) is 4.57 Å². The van der Waals surface area contributed by atoms with Crippen molar-refractivity contribution in [2.24, 2.45) is 29.2 Å². The summed E-state index contributed by atoms with van der Waals surface area (Å²) >= 11 is 0. The zero-order chi connectivity index (χ0) is 62.5. The van der Waals surface area contributed by atoms with E-state index in [1.165, 1.54) is 19.1 Å². The Kier molecular flexibility index (Phi) is 26.8. The van der Waals surface area contributed by atoms with Gasteiger partial charge in [-0.05, 0) is 66.3 Å². The van der Waals surface area contributed by atoms with Gasteiger partial charge in [0.05, 0.1) is 12.8 Å². The molecule has 1 aromatic heterocycles. The lowest BCUT2D eigenvalue weighted by Gasteiger charge is -2.30. The van der Waals surface area contributed by atoms with E-state index in [-0.39, 0.29) is 48.8 Å². The van der Waals surface area contributed by atoms with Gasteiger partial charge < -0.3 is 73.7 Å². The predicted octanol–water partition coefficient (Wildman–Crippen LogP) is -0.839. The summed E-state index contributed by atoms with van der Waals surface area (Å²) in [4.78, 5) is 181. The van der Waals surface area contributed by atoms with E-state index in [1.54, 1.807) is 65.1 Å². The van der Waals surface area contributed by atoms with E-state index >= 15 is 0 Å². The molecule has 0 saturated carbocycles. The van der Waals surface area contributed by atoms with E-state index in [4.69, 9.17) is 11.5 Å². The first-order valence-electron chi connectivity index (χ1n) is 26.6. The molecule has 0 aliphatic carbocycles. The number of carbonyl (C=O) groups is 12. The number of rotatable bonds is 35. The molecular formula is C53H76N11O18P. The number of benzene rings is 2. The number of fused-ring (bicyclic) bond motifs is 1. The van der Waals surface area contributed by atoms with Gasteiger partial charge in [0.25, 0.3) is 0 Å². The molecule has 30 heteroatoms. The number of carbonyl (C=O) groups excluding carboxylic acids is 10. The van der Waals surface area contributed by atoms with Crippen LogP contribution in [-0.4, -0.2) is 144 Å². The van der Waals surface area contributed by atoms with Crippen LogP contribution in [0.25, 0.3) is 10.9 Å². The number of hydrogen-bond acceptors (Lipinski definition) is 14. The van der Waals surface area contributed by atoms with Gasteiger partial charge in [-0.2, -0.15) is 0 Å². The highest BCUT2D eigenvalue weighted by molar-refractivity contribution is 7.46. The van der Waals surface area contributed by atoms with E-state index in [9.17, 15) is 82.1 Å². The average Bonchev–Trinajstić information content (AvgIpc) is 4.11. The number of nitrogens with two attached hydrogens (primary N) is 2. The molecule has 0 unspecified atom stereocenters. The molecule has 10 amide bonds. The maximum atomic E-state index is 14.5. The van der Waals surface area contributed by atoms with Crippen LogP contribution < -0.4 is 58.5 Å². The lowest BCUT2D eigenvalue weighted by atomic mass is 9.96. The molecule has 17 N–H and O–H groups in total. The lowest BCUT2D eigenvalue weighted by Crippen LogP contribution is -2.62. The van der Waals surface area contributed by atoms with Gasteiger partial charge in [0.1, 0.15) is 54.1 Å². The molecule has 0 radical (unpaired) electrons. The summed E-state index contributed by atoms with van der Waals surface area (Å²) in [6.07, 6.45) is -1.84. The standard InChI is InChI=1S/C53H76N11O18P/c1-8-28(6)45(64-52(77)39(21-30-13-15-32(16-14-30)82-83(79,80)81)61-50(75)40(23-42(54)66)62-48(73)37(19-26(2)3)57-29(7)65)53(78)63-41(24-44(69)70)51(76)60-38(20-27(4)5)49(74)58-35(17-18-43(67)68)47(72)59-36(46(55)71)22-31-25-56-34-12-10-9-11-33(31)34/h9-16,25-28,35-41,45,56H,8,17-24H2,1-7H3,(H2,54,66)(H2,55,71)(H,57,65)(H,58,74)(H,59,72)(H,60,76)(H,61,75)(H,62,73)(H,63,78)(H,64,77)(H,67,68)(H,69,70)(H2,79,80,81)/t28-,35-,36-,37-,38-,39-,40-,41-,45-/m0/s1. The number of amides is 10. The van der Waals surface area contributed by atoms with E-state index < -0.39 is 165 Å². The zero-order valence-corrected chi connectivity index (χ0v) is 47.9. The molecule has 3 rings (SSSR count). The van der Waals surface area contributed by atoms with Gasteiger partial charge >= 0.3 is 19.8 Å². The number of carboxylic acid groups (broad SMARTS) is 2. The normalized spacial score (nSPS) is 14.6. The van der Waals surface area contributed by atoms with Crippen molar-refractivity contribution < 1.29 is 86.6 Å². The largest absolute Gasteiger partial charge is 0.524 e. The molecule has 0 aliphatic heterocycles. The van der Waals surface area contributed by atoms with Crippen LogP contribution in [-0.2, 0) is 74.9 Å². The second-order valence-corrected chi connectivity index (χ2v) is 22.0. The lowest BCUT2D eigenvalue weighted by molar-refractivity contribution is -0.142. The third-order valence-electron chi connectivity index (χ3n) is 12.8. The van der Waals surface area contributed by atoms with Gasteiger partial charge in [-0.1, -0.05) is 78.3 Å². The molecule has 0 aliphatic rings. The number of carboxylic acids is 2. The Labute approximate surface area is 477 Å². The SMILES string of the molecule is CC[C@H](C)[C@H](NC(=O)[C@H](Cc1ccc(OP(=O)(O)O)cc1)NC(=O)[C@H](CC(N)=O)NC(=O)[C@H](CC(C)C)NC(C)=O)C(=O)N[C@@H](CC(=O)O)C(=O)N[C@@H](CC(C)C)C(=O)N[C@@H](CCC(=O)O)C(=O)N[C@@H](Cc1c[nH]c2ccccc12)C(N)=O. The smallest absolute Gasteiger partial charge is 0.481 e. The molecular weight excluding hydrogens is 1110 g/mol. The number of primary amides is 2. The number of phosphoric ester groups is 1. The van der Waals surface area contributed by atoms with Crippen molar-refractivity contribution >= 4 is 89.7 Å². The number of para-hydroxylation sites is 1. The third-order valence-corrected chi connectivity index (χ3v) is 13.3. The quantitative estimate of drug-likeness (QED) is 0.0319. The van der Waals surface area contributed by atoms with E-state index in [2.05, 4.69) is 52.0 Å². The monoisotopic (exact) mass is 1190 g/mol. The van der Waals surface area contributed by atoms with Crippen molar-refractivity contribution in [2.75, 3.05) is 0 Å². The molecule has 0 spiro atoms. The highest BCUT2D eigenvalue weighted by atomic mass is 31.2. The summed E-state index contributed by atoms with van der Waals surface area (Å²) in [6.45, 7) is 11.1. The molecule has 1 heterocycles. The number of hydrogen-bond donors (Lipinski definition) is 15. The van der Waals surface area contributed by atoms with E-state index in [1.807, 2.05) is 0 Å². The number of aromatic nitrogens is 1. The van der Waals surface area contributed by atoms with Crippen LogP contribution >= 0.6 is 7.82 Å². The van der Waals surface area contributed by atoms with E-state index in [0.29, 0.717) is 5.56 Å². The summed E-state index contributed by atoms with van der Waals surface area (Å²) in [5.41, 5.74) is 12.7. The molecule has 456 valence electrons. The Hall–Kier alpha value is -8.43. The van der Waals surface area contributed by atoms with Crippen LogP contribution in [0.15, 0.2) is 54.7 Å². The first kappa shape index (κ1) is 68.8. The van der Waals surface area contributed by atoms with Crippen LogP contribution in [0.2, 0.25) is 0 Å². The predicted molar refractivity (Wildman–Crippen MR) is 296 cm³/mol. The topological polar surface area (TPSA) is 476 Å². The Balaban J connectivity index is 1.96. The van der Waals surface area contributed by atoms with Gasteiger partial charge in [-0.3, -0.25) is 67.3 Å². The van der Waals surface area contributed by atoms with Crippen LogP contribution in [0, 0.1) is 17.8 Å². The molecule has 3 aromatic rings. The van der Waals surface area contributed by atoms with Crippen molar-refractivity contribution in [3.63, 3.8) is 0 Å². The molecule has 0 bridgehead atoms. The summed E-state index contributed by atoms with van der Waals surface area (Å²) in [6, 6.07) is -0.769. The minimum atomic E-state index is -5.01. The molecule has 29 nitrogen and oxygen atoms in total. The summed E-state index contributed by atoms with van der Waals surface area (Å²) in [5, 5.41) is 39.7. The zero-order valence-electron chi connectivity index (χ0n) is 47.0. The van der Waals surface area contributed by atoms with Crippen LogP contribution in [0.1, 0.15) is 105 Å². The Bertz CT molecular complexity index is 2870. The van der Waals surface area contributed by atoms with Crippen LogP contribution in [0.3, 0.4) is 0 Å². The van der Waals surface area contributed by atoms with Crippen molar-refractivity contribution in [3.8, 4) is 5.75 Å². The van der Waals surface area contributed by atoms with Crippen LogP contribution in [0.4, 0.5) is 0 Å². The number of aliphatic carboxylic acids is 2. The first-order valence-corrected chi connectivity index (χ1v) is 28.1. The summed E-state index contributed by atoms with van der Waals surface area (Å²) in [7, 11) is -5.01. The Morgan fingerprint density at radius 1 is 0.578 bits per heavy atom. The Morgan fingerprint density at radius 2 is 1.06 bits per heavy atom.